The molecule has 1 nitrogen and oxygen atoms in total. The Labute approximate surface area is 72.3 Å². The Balaban J connectivity index is 2.62. The lowest BCUT2D eigenvalue weighted by Gasteiger charge is -2.40. The van der Waals surface area contributed by atoms with Crippen LogP contribution in [0.15, 0.2) is 0 Å². The zero-order valence-corrected chi connectivity index (χ0v) is 7.74. The van der Waals surface area contributed by atoms with Gasteiger partial charge in [-0.05, 0) is 31.6 Å². The molecule has 0 spiro atoms. The molecule has 0 amide bonds. The molecule has 0 unspecified atom stereocenters. The molecule has 0 bridgehead atoms. The first-order chi connectivity index (χ1) is 5.35. The lowest BCUT2D eigenvalue weighted by Crippen LogP contribution is -2.55. The fraction of sp³-hybridized carbons (Fsp3) is 1.00. The van der Waals surface area contributed by atoms with Crippen molar-refractivity contribution in [3.05, 3.63) is 0 Å². The molecule has 0 aliphatic heterocycles. The predicted molar refractivity (Wildman–Crippen MR) is 45.2 cm³/mol. The van der Waals surface area contributed by atoms with Crippen molar-refractivity contribution >= 4 is 0 Å². The van der Waals surface area contributed by atoms with Gasteiger partial charge >= 0.3 is 0 Å². The lowest BCUT2D eigenvalue weighted by molar-refractivity contribution is -0.0756. The second-order valence-electron chi connectivity index (χ2n) is 4.23. The van der Waals surface area contributed by atoms with E-state index in [4.69, 9.17) is 5.73 Å². The molecule has 0 saturated heterocycles. The summed E-state index contributed by atoms with van der Waals surface area (Å²) in [7, 11) is 0. The summed E-state index contributed by atoms with van der Waals surface area (Å²) < 4.78 is 26.0. The van der Waals surface area contributed by atoms with Crippen LogP contribution in [0.1, 0.15) is 39.5 Å². The Morgan fingerprint density at radius 3 is 2.08 bits per heavy atom. The first-order valence-electron chi connectivity index (χ1n) is 4.52. The van der Waals surface area contributed by atoms with Crippen LogP contribution >= 0.6 is 0 Å². The number of alkyl halides is 2. The zero-order valence-electron chi connectivity index (χ0n) is 7.74. The van der Waals surface area contributed by atoms with Crippen molar-refractivity contribution in [3.63, 3.8) is 0 Å². The summed E-state index contributed by atoms with van der Waals surface area (Å²) in [5.74, 6) is -2.17. The highest BCUT2D eigenvalue weighted by atomic mass is 19.3. The van der Waals surface area contributed by atoms with Gasteiger partial charge in [-0.2, -0.15) is 0 Å². The molecule has 2 N–H and O–H groups in total. The molecule has 12 heavy (non-hydrogen) atoms. The van der Waals surface area contributed by atoms with Gasteiger partial charge in [0.1, 0.15) is 0 Å². The van der Waals surface area contributed by atoms with Gasteiger partial charge in [0.25, 0.3) is 5.92 Å². The third-order valence-electron chi connectivity index (χ3n) is 3.04. The maximum atomic E-state index is 13.0. The fourth-order valence-corrected chi connectivity index (χ4v) is 1.72. The van der Waals surface area contributed by atoms with Crippen molar-refractivity contribution in [2.75, 3.05) is 0 Å². The molecule has 0 atom stereocenters. The van der Waals surface area contributed by atoms with E-state index in [2.05, 4.69) is 6.92 Å². The van der Waals surface area contributed by atoms with E-state index >= 15 is 0 Å². The quantitative estimate of drug-likeness (QED) is 0.654. The smallest absolute Gasteiger partial charge is 0.262 e. The van der Waals surface area contributed by atoms with E-state index < -0.39 is 11.5 Å². The van der Waals surface area contributed by atoms with Crippen molar-refractivity contribution < 1.29 is 8.78 Å². The molecule has 0 radical (unpaired) electrons. The summed E-state index contributed by atoms with van der Waals surface area (Å²) in [5, 5.41) is 0. The van der Waals surface area contributed by atoms with Gasteiger partial charge in [0.15, 0.2) is 0 Å². The lowest BCUT2D eigenvalue weighted by atomic mass is 9.74. The normalized spacial score (nSPS) is 38.2. The summed E-state index contributed by atoms with van der Waals surface area (Å²) in [6.45, 7) is 3.02. The van der Waals surface area contributed by atoms with Crippen molar-refractivity contribution in [2.24, 2.45) is 11.7 Å². The van der Waals surface area contributed by atoms with Gasteiger partial charge in [-0.25, -0.2) is 8.78 Å². The van der Waals surface area contributed by atoms with E-state index in [0.717, 1.165) is 19.8 Å². The highest BCUT2D eigenvalue weighted by Crippen LogP contribution is 2.39. The molecule has 0 aromatic carbocycles. The third kappa shape index (κ3) is 1.76. The van der Waals surface area contributed by atoms with Crippen molar-refractivity contribution in [2.45, 2.75) is 51.0 Å². The van der Waals surface area contributed by atoms with Crippen LogP contribution in [0.2, 0.25) is 0 Å². The average molecular weight is 177 g/mol. The largest absolute Gasteiger partial charge is 0.320 e. The van der Waals surface area contributed by atoms with E-state index in [1.165, 1.54) is 0 Å². The summed E-state index contributed by atoms with van der Waals surface area (Å²) in [4.78, 5) is 0. The Morgan fingerprint density at radius 1 is 1.33 bits per heavy atom. The molecule has 1 fully saturated rings. The van der Waals surface area contributed by atoms with Crippen LogP contribution in [0.25, 0.3) is 0 Å². The van der Waals surface area contributed by atoms with Crippen LogP contribution in [0.4, 0.5) is 8.78 Å². The second-order valence-corrected chi connectivity index (χ2v) is 4.23. The summed E-state index contributed by atoms with van der Waals surface area (Å²) in [6, 6.07) is 0. The monoisotopic (exact) mass is 177 g/mol. The van der Waals surface area contributed by atoms with Crippen LogP contribution in [0.5, 0.6) is 0 Å². The van der Waals surface area contributed by atoms with Crippen LogP contribution in [-0.4, -0.2) is 11.5 Å². The summed E-state index contributed by atoms with van der Waals surface area (Å²) in [6.07, 6.45) is 2.58. The molecule has 0 heterocycles. The van der Waals surface area contributed by atoms with Gasteiger partial charge in [-0.3, -0.25) is 0 Å². The van der Waals surface area contributed by atoms with Crippen LogP contribution in [0, 0.1) is 5.92 Å². The van der Waals surface area contributed by atoms with Gasteiger partial charge < -0.3 is 5.73 Å². The molecule has 72 valence electrons. The minimum Gasteiger partial charge on any atom is -0.320 e. The van der Waals surface area contributed by atoms with E-state index in [9.17, 15) is 8.78 Å². The van der Waals surface area contributed by atoms with E-state index in [1.807, 2.05) is 0 Å². The van der Waals surface area contributed by atoms with Gasteiger partial charge in [0.2, 0.25) is 0 Å². The van der Waals surface area contributed by atoms with Crippen LogP contribution < -0.4 is 5.73 Å². The van der Waals surface area contributed by atoms with Gasteiger partial charge in [0.05, 0.1) is 5.54 Å². The Hall–Kier alpha value is -0.180. The van der Waals surface area contributed by atoms with Crippen molar-refractivity contribution in [1.82, 2.24) is 0 Å². The summed E-state index contributed by atoms with van der Waals surface area (Å²) in [5.41, 5.74) is 4.41. The second kappa shape index (κ2) is 2.95. The molecular formula is C9H17F2N. The van der Waals surface area contributed by atoms with Crippen molar-refractivity contribution in [1.29, 1.82) is 0 Å². The maximum absolute atomic E-state index is 13.0. The average Bonchev–Trinajstić information content (AvgIpc) is 1.93. The maximum Gasteiger partial charge on any atom is 0.262 e. The highest BCUT2D eigenvalue weighted by Gasteiger charge is 2.47. The van der Waals surface area contributed by atoms with Gasteiger partial charge in [-0.15, -0.1) is 0 Å². The zero-order chi connectivity index (χ0) is 9.41. The van der Waals surface area contributed by atoms with E-state index in [1.54, 1.807) is 0 Å². The number of nitrogens with two attached hydrogens (primary N) is 1. The predicted octanol–water partition coefficient (Wildman–Crippen LogP) is 2.55. The minimum atomic E-state index is -2.73. The Bertz CT molecular complexity index is 154. The van der Waals surface area contributed by atoms with E-state index in [-0.39, 0.29) is 0 Å². The van der Waals surface area contributed by atoms with Crippen molar-refractivity contribution in [3.8, 4) is 0 Å². The molecule has 0 aromatic rings. The molecule has 0 aromatic heterocycles. The topological polar surface area (TPSA) is 26.0 Å². The number of rotatable bonds is 1. The van der Waals surface area contributed by atoms with Crippen LogP contribution in [0.3, 0.4) is 0 Å². The van der Waals surface area contributed by atoms with E-state index in [0.29, 0.717) is 18.8 Å². The number of hydrogen-bond donors (Lipinski definition) is 1. The highest BCUT2D eigenvalue weighted by molar-refractivity contribution is 4.97. The van der Waals surface area contributed by atoms with Gasteiger partial charge in [0, 0.05) is 6.92 Å². The summed E-state index contributed by atoms with van der Waals surface area (Å²) >= 11 is 0. The Morgan fingerprint density at radius 2 is 1.75 bits per heavy atom. The first kappa shape index (κ1) is 9.90. The molecule has 1 aliphatic carbocycles. The molecule has 1 saturated carbocycles. The molecule has 3 heteroatoms. The molecular weight excluding hydrogens is 160 g/mol. The number of halogens is 2. The van der Waals surface area contributed by atoms with Crippen LogP contribution in [-0.2, 0) is 0 Å². The fourth-order valence-electron chi connectivity index (χ4n) is 1.72. The first-order valence-corrected chi connectivity index (χ1v) is 4.52. The SMILES string of the molecule is CC1CCC(N)(C(C)(F)F)CC1. The standard InChI is InChI=1S/C9H17F2N/c1-7-3-5-9(12,6-4-7)8(2,10)11/h7H,3-6,12H2,1-2H3. The number of hydrogen-bond acceptors (Lipinski definition) is 1. The van der Waals surface area contributed by atoms with Gasteiger partial charge in [-0.1, -0.05) is 6.92 Å². The molecule has 1 rings (SSSR count). The molecule has 1 aliphatic rings. The third-order valence-corrected chi connectivity index (χ3v) is 3.04. The minimum absolute atomic E-state index is 0.456. The Kier molecular flexibility index (Phi) is 2.43.